The molecule has 3 aliphatic carbocycles. The van der Waals surface area contributed by atoms with E-state index in [0.717, 1.165) is 13.8 Å². The fourth-order valence-electron chi connectivity index (χ4n) is 13.8. The number of nitrogens with two attached hydrogens (primary N) is 1. The lowest BCUT2D eigenvalue weighted by molar-refractivity contribution is -0.346. The summed E-state index contributed by atoms with van der Waals surface area (Å²) in [6.07, 6.45) is -24.1. The molecule has 2 aromatic carbocycles. The SMILES string of the molecule is COC1OC(CO)C(OC2OC(CO)C(C)C(O)C2NC(=O)CCC(=O)OC(C(=O)O[C@H]2C[C@@]3(O)C(OC(=O)c4ccccc4)[C@@H]4C5(OC(C)=O)CO[C@@H]5C[C@H](O)[C@@]4(C)C(=O)[C@H](OC(C)=O)C(=C2C)C3(C)C)C(NC(=O)OC(C)(C)C)c2ccccc2)C(O)C1N. The highest BCUT2D eigenvalue weighted by molar-refractivity contribution is 5.96. The largest absolute Gasteiger partial charge is 0.455 e. The molecule has 6 aliphatic rings. The number of hydrogen-bond acceptors (Lipinski definition) is 26. The van der Waals surface area contributed by atoms with Crippen molar-refractivity contribution < 1.29 is 121 Å². The standard InChI is InChI=1S/C63H85N3O25/c1-29-35(25-63(80)53(89-54(77)34-20-16-13-17-21-34)51-61(10,38(71)24-39-62(51,28-82-39)90-32(4)70)52(76)49(83-31(3)69)42(29)60(63,8)9)84-55(78)50(44(33-18-14-12-15-19-33)66-58(79)91-59(5,6)7)87-41(73)23-22-40(72)65-45-46(74)30(2)36(26-67)85-57(45)88-48-37(27-68)86-56(81-11)43(64)47(48)75/h12-21,30,35-39,43-51,53,56-57,67-68,71,74-75,80H,22-28,64H2,1-11H3,(H,65,72)(H,66,79)/t30?,35-,36?,37?,38-,39+,43?,44?,45?,46?,47?,48?,49+,50?,51-,53?,56?,57?,61+,62?,63+/m0/s1. The maximum Gasteiger partial charge on any atom is 0.408 e. The summed E-state index contributed by atoms with van der Waals surface area (Å²) in [5, 5.41) is 74.8. The molecule has 2 bridgehead atoms. The van der Waals surface area contributed by atoms with Crippen molar-refractivity contribution in [1.82, 2.24) is 10.6 Å². The number of fused-ring (bicyclic) bond motifs is 5. The third-order valence-electron chi connectivity index (χ3n) is 18.6. The lowest BCUT2D eigenvalue weighted by atomic mass is 9.44. The highest BCUT2D eigenvalue weighted by Crippen LogP contribution is 2.64. The molecular weight excluding hydrogens is 1200 g/mol. The molecule has 14 unspecified atom stereocenters. The van der Waals surface area contributed by atoms with Gasteiger partial charge >= 0.3 is 35.9 Å². The van der Waals surface area contributed by atoms with Crippen LogP contribution in [0, 0.1) is 22.7 Å². The molecule has 5 fully saturated rings. The van der Waals surface area contributed by atoms with Gasteiger partial charge in [0.2, 0.25) is 12.0 Å². The maximum atomic E-state index is 15.9. The smallest absolute Gasteiger partial charge is 0.408 e. The van der Waals surface area contributed by atoms with Gasteiger partial charge < -0.3 is 99.1 Å². The Labute approximate surface area is 525 Å². The van der Waals surface area contributed by atoms with Crippen LogP contribution < -0.4 is 16.4 Å². The van der Waals surface area contributed by atoms with Crippen molar-refractivity contribution in [3.05, 3.63) is 82.9 Å². The van der Waals surface area contributed by atoms with Gasteiger partial charge in [-0.15, -0.1) is 0 Å². The van der Waals surface area contributed by atoms with E-state index < -0.39 is 224 Å². The van der Waals surface area contributed by atoms with Gasteiger partial charge in [-0.05, 0) is 63.5 Å². The van der Waals surface area contributed by atoms with Crippen LogP contribution in [-0.2, 0) is 80.9 Å². The summed E-state index contributed by atoms with van der Waals surface area (Å²) in [5.41, 5.74) is -3.52. The number of aliphatic hydroxyl groups is 6. The van der Waals surface area contributed by atoms with E-state index in [1.165, 1.54) is 66.0 Å². The van der Waals surface area contributed by atoms with Crippen molar-refractivity contribution in [2.24, 2.45) is 28.4 Å². The molecule has 3 saturated heterocycles. The predicted molar refractivity (Wildman–Crippen MR) is 311 cm³/mol. The number of rotatable bonds is 19. The van der Waals surface area contributed by atoms with Crippen LogP contribution in [-0.4, -0.2) is 214 Å². The normalized spacial score (nSPS) is 35.8. The second-order valence-electron chi connectivity index (χ2n) is 25.9. The molecule has 2 amide bonds. The number of benzene rings is 2. The second-order valence-corrected chi connectivity index (χ2v) is 25.9. The zero-order valence-corrected chi connectivity index (χ0v) is 52.6. The van der Waals surface area contributed by atoms with Gasteiger partial charge in [0.05, 0.1) is 67.5 Å². The Morgan fingerprint density at radius 3 is 2.03 bits per heavy atom. The predicted octanol–water partition coefficient (Wildman–Crippen LogP) is 0.798. The molecule has 2 aromatic rings. The molecule has 3 heterocycles. The first-order chi connectivity index (χ1) is 42.7. The number of carbonyl (C=O) groups is 8. The number of ketones is 1. The Balaban J connectivity index is 1.18. The number of Topliss-reactive ketones (excluding diaryl/α,β-unsaturated/α-hetero) is 1. The molecule has 0 aromatic heterocycles. The average molecular weight is 1280 g/mol. The van der Waals surface area contributed by atoms with E-state index in [1.54, 1.807) is 57.2 Å². The minimum absolute atomic E-state index is 0.0102. The topological polar surface area (TPSA) is 410 Å². The van der Waals surface area contributed by atoms with E-state index in [4.69, 9.17) is 57.8 Å². The number of hydrogen-bond donors (Lipinski definition) is 9. The minimum atomic E-state index is -2.60. The number of methoxy groups -OCH3 is 1. The number of carbonyl (C=O) groups excluding carboxylic acids is 8. The van der Waals surface area contributed by atoms with Crippen LogP contribution in [0.25, 0.3) is 0 Å². The van der Waals surface area contributed by atoms with Crippen LogP contribution in [0.3, 0.4) is 0 Å². The first-order valence-electron chi connectivity index (χ1n) is 30.2. The first-order valence-corrected chi connectivity index (χ1v) is 30.2. The van der Waals surface area contributed by atoms with Gasteiger partial charge in [0.15, 0.2) is 30.1 Å². The summed E-state index contributed by atoms with van der Waals surface area (Å²) in [6.45, 7) is 12.4. The Kier molecular flexibility index (Phi) is 21.3. The Morgan fingerprint density at radius 2 is 1.46 bits per heavy atom. The van der Waals surface area contributed by atoms with Gasteiger partial charge in [0.1, 0.15) is 59.9 Å². The van der Waals surface area contributed by atoms with Gasteiger partial charge in [-0.2, -0.15) is 0 Å². The highest BCUT2D eigenvalue weighted by Gasteiger charge is 2.78. The monoisotopic (exact) mass is 1280 g/mol. The fourth-order valence-corrected chi connectivity index (χ4v) is 13.8. The molecule has 502 valence electrons. The molecule has 10 N–H and O–H groups in total. The van der Waals surface area contributed by atoms with Crippen LogP contribution >= 0.6 is 0 Å². The van der Waals surface area contributed by atoms with Crippen molar-refractivity contribution >= 4 is 47.6 Å². The van der Waals surface area contributed by atoms with Gasteiger partial charge in [0.25, 0.3) is 0 Å². The molecular formula is C63H85N3O25. The van der Waals surface area contributed by atoms with E-state index in [0.29, 0.717) is 0 Å². The number of nitrogens with one attached hydrogen (secondary N) is 2. The van der Waals surface area contributed by atoms with Gasteiger partial charge in [-0.25, -0.2) is 14.4 Å². The maximum absolute atomic E-state index is 15.9. The van der Waals surface area contributed by atoms with Crippen LogP contribution in [0.1, 0.15) is 117 Å². The van der Waals surface area contributed by atoms with Crippen LogP contribution in [0.15, 0.2) is 71.8 Å². The Morgan fingerprint density at radius 1 is 0.835 bits per heavy atom. The lowest BCUT2D eigenvalue weighted by Gasteiger charge is -2.67. The van der Waals surface area contributed by atoms with Gasteiger partial charge in [-0.3, -0.25) is 24.0 Å². The lowest BCUT2D eigenvalue weighted by Crippen LogP contribution is -2.82. The van der Waals surface area contributed by atoms with Crippen molar-refractivity contribution in [3.63, 3.8) is 0 Å². The highest BCUT2D eigenvalue weighted by atomic mass is 16.7. The van der Waals surface area contributed by atoms with E-state index in [1.807, 2.05) is 0 Å². The molecule has 2 saturated carbocycles. The van der Waals surface area contributed by atoms with E-state index in [-0.39, 0.29) is 28.7 Å². The minimum Gasteiger partial charge on any atom is -0.455 e. The quantitative estimate of drug-likeness (QED) is 0.0533. The summed E-state index contributed by atoms with van der Waals surface area (Å²) in [6, 6.07) is 10.9. The Bertz CT molecular complexity index is 3050. The second kappa shape index (κ2) is 27.6. The molecule has 28 heteroatoms. The zero-order valence-electron chi connectivity index (χ0n) is 52.6. The van der Waals surface area contributed by atoms with Crippen molar-refractivity contribution in [2.45, 2.75) is 210 Å². The van der Waals surface area contributed by atoms with Crippen molar-refractivity contribution in [2.75, 3.05) is 26.9 Å². The number of alkyl carbamates (subject to hydrolysis) is 1. The summed E-state index contributed by atoms with van der Waals surface area (Å²) in [4.78, 5) is 115. The van der Waals surface area contributed by atoms with Crippen LogP contribution in [0.5, 0.6) is 0 Å². The molecule has 3 aliphatic heterocycles. The first kappa shape index (κ1) is 70.3. The number of esters is 5. The molecule has 8 rings (SSSR count). The zero-order chi connectivity index (χ0) is 67.0. The molecule has 0 spiro atoms. The number of ether oxygens (including phenoxy) is 11. The molecule has 21 atom stereocenters. The van der Waals surface area contributed by atoms with E-state index in [2.05, 4.69) is 10.6 Å². The summed E-state index contributed by atoms with van der Waals surface area (Å²) in [5.74, 6) is -10.00. The van der Waals surface area contributed by atoms with Crippen molar-refractivity contribution in [1.29, 1.82) is 0 Å². The number of amides is 2. The summed E-state index contributed by atoms with van der Waals surface area (Å²) < 4.78 is 65.4. The molecule has 0 radical (unpaired) electrons. The van der Waals surface area contributed by atoms with Crippen LogP contribution in [0.2, 0.25) is 0 Å². The number of aliphatic hydroxyl groups excluding tert-OH is 5. The van der Waals surface area contributed by atoms with E-state index >= 15 is 9.59 Å². The van der Waals surface area contributed by atoms with Gasteiger partial charge in [-0.1, -0.05) is 69.3 Å². The fraction of sp³-hybridized carbons (Fsp3) is 0.651. The molecule has 91 heavy (non-hydrogen) atoms. The van der Waals surface area contributed by atoms with Crippen molar-refractivity contribution in [3.8, 4) is 0 Å². The third-order valence-corrected chi connectivity index (χ3v) is 18.6. The molecule has 28 nitrogen and oxygen atoms in total. The summed E-state index contributed by atoms with van der Waals surface area (Å²) >= 11 is 0. The third kappa shape index (κ3) is 13.8. The van der Waals surface area contributed by atoms with E-state index in [9.17, 15) is 59.4 Å². The van der Waals surface area contributed by atoms with Gasteiger partial charge in [0, 0.05) is 51.6 Å². The van der Waals surface area contributed by atoms with Crippen LogP contribution in [0.4, 0.5) is 4.79 Å². The average Bonchev–Trinajstić information content (AvgIpc) is 0.671. The summed E-state index contributed by atoms with van der Waals surface area (Å²) in [7, 11) is 1.27. The Hall–Kier alpha value is -6.54.